The molecule has 0 saturated heterocycles. The second kappa shape index (κ2) is 6.09. The fraction of sp³-hybridized carbons (Fsp3) is 0.125. The van der Waals surface area contributed by atoms with Gasteiger partial charge >= 0.3 is 0 Å². The van der Waals surface area contributed by atoms with Crippen LogP contribution in [0.25, 0.3) is 0 Å². The summed E-state index contributed by atoms with van der Waals surface area (Å²) < 4.78 is 6.73. The Morgan fingerprint density at radius 1 is 1.19 bits per heavy atom. The second-order valence-corrected chi connectivity index (χ2v) is 4.68. The number of hydrogen-bond acceptors (Lipinski definition) is 3. The maximum absolute atomic E-state index is 11.8. The van der Waals surface area contributed by atoms with Gasteiger partial charge in [-0.05, 0) is 17.7 Å². The average Bonchev–Trinajstić information content (AvgIpc) is 3.17. The third-order valence-electron chi connectivity index (χ3n) is 3.10. The van der Waals surface area contributed by atoms with E-state index in [1.54, 1.807) is 6.07 Å². The highest BCUT2D eigenvalue weighted by Crippen LogP contribution is 2.04. The minimum Gasteiger partial charge on any atom is -0.472 e. The Bertz CT molecular complexity index is 702. The molecule has 5 heteroatoms. The first-order valence-corrected chi connectivity index (χ1v) is 6.68. The Morgan fingerprint density at radius 3 is 2.81 bits per heavy atom. The van der Waals surface area contributed by atoms with Crippen molar-refractivity contribution in [2.45, 2.75) is 13.1 Å². The van der Waals surface area contributed by atoms with Gasteiger partial charge in [0.1, 0.15) is 6.26 Å². The first kappa shape index (κ1) is 13.2. The summed E-state index contributed by atoms with van der Waals surface area (Å²) in [7, 11) is 0. The van der Waals surface area contributed by atoms with Crippen LogP contribution in [0.1, 0.15) is 21.6 Å². The van der Waals surface area contributed by atoms with Crippen LogP contribution in [0.2, 0.25) is 0 Å². The van der Waals surface area contributed by atoms with E-state index in [9.17, 15) is 4.79 Å². The zero-order valence-corrected chi connectivity index (χ0v) is 11.4. The van der Waals surface area contributed by atoms with Crippen molar-refractivity contribution < 1.29 is 9.21 Å². The summed E-state index contributed by atoms with van der Waals surface area (Å²) in [5.74, 6) is -0.165. The van der Waals surface area contributed by atoms with E-state index in [1.807, 2.05) is 35.1 Å². The molecule has 0 radical (unpaired) electrons. The molecule has 0 unspecified atom stereocenters. The van der Waals surface area contributed by atoms with Gasteiger partial charge in [0.2, 0.25) is 0 Å². The van der Waals surface area contributed by atoms with Crippen molar-refractivity contribution in [3.05, 3.63) is 78.0 Å². The van der Waals surface area contributed by atoms with E-state index in [1.165, 1.54) is 18.1 Å². The molecule has 3 rings (SSSR count). The summed E-state index contributed by atoms with van der Waals surface area (Å²) in [5, 5.41) is 7.24. The number of carbonyl (C=O) groups is 1. The van der Waals surface area contributed by atoms with E-state index in [0.29, 0.717) is 12.1 Å². The van der Waals surface area contributed by atoms with Crippen LogP contribution in [0.15, 0.2) is 65.6 Å². The van der Waals surface area contributed by atoms with Crippen LogP contribution in [-0.4, -0.2) is 15.7 Å². The van der Waals surface area contributed by atoms with Crippen LogP contribution in [0.4, 0.5) is 0 Å². The summed E-state index contributed by atoms with van der Waals surface area (Å²) in [5.41, 5.74) is 2.52. The van der Waals surface area contributed by atoms with E-state index in [-0.39, 0.29) is 5.91 Å². The number of hydrogen-bond donors (Lipinski definition) is 1. The van der Waals surface area contributed by atoms with Crippen molar-refractivity contribution in [3.63, 3.8) is 0 Å². The Hall–Kier alpha value is -2.82. The van der Waals surface area contributed by atoms with Gasteiger partial charge in [-0.15, -0.1) is 0 Å². The standard InChI is InChI=1S/C16H15N3O2/c20-16(14-7-9-21-12-14)17-10-15-6-8-19(18-15)11-13-4-2-1-3-5-13/h1-9,12H,10-11H2,(H,17,20). The van der Waals surface area contributed by atoms with Crippen LogP contribution in [0.3, 0.4) is 0 Å². The molecule has 0 aliphatic rings. The van der Waals surface area contributed by atoms with E-state index in [4.69, 9.17) is 4.42 Å². The number of aromatic nitrogens is 2. The third-order valence-corrected chi connectivity index (χ3v) is 3.10. The Balaban J connectivity index is 1.57. The third kappa shape index (κ3) is 3.39. The Kier molecular flexibility index (Phi) is 3.82. The predicted molar refractivity (Wildman–Crippen MR) is 77.6 cm³/mol. The molecule has 0 aliphatic heterocycles. The fourth-order valence-corrected chi connectivity index (χ4v) is 2.02. The molecular formula is C16H15N3O2. The van der Waals surface area contributed by atoms with Crippen LogP contribution < -0.4 is 5.32 Å². The molecule has 0 atom stereocenters. The quantitative estimate of drug-likeness (QED) is 0.781. The highest BCUT2D eigenvalue weighted by atomic mass is 16.3. The van der Waals surface area contributed by atoms with Crippen molar-refractivity contribution in [1.29, 1.82) is 0 Å². The molecule has 1 aromatic carbocycles. The number of furan rings is 1. The first-order valence-electron chi connectivity index (χ1n) is 6.68. The molecule has 3 aromatic rings. The minimum absolute atomic E-state index is 0.165. The molecule has 0 spiro atoms. The fourth-order valence-electron chi connectivity index (χ4n) is 2.02. The number of amides is 1. The Morgan fingerprint density at radius 2 is 2.05 bits per heavy atom. The van der Waals surface area contributed by atoms with E-state index < -0.39 is 0 Å². The van der Waals surface area contributed by atoms with Gasteiger partial charge in [-0.2, -0.15) is 5.10 Å². The molecule has 0 saturated carbocycles. The van der Waals surface area contributed by atoms with Gasteiger partial charge in [-0.3, -0.25) is 9.48 Å². The lowest BCUT2D eigenvalue weighted by atomic mass is 10.2. The number of benzene rings is 1. The lowest BCUT2D eigenvalue weighted by Crippen LogP contribution is -2.22. The Labute approximate surface area is 122 Å². The first-order chi connectivity index (χ1) is 10.3. The van der Waals surface area contributed by atoms with Gasteiger partial charge < -0.3 is 9.73 Å². The average molecular weight is 281 g/mol. The second-order valence-electron chi connectivity index (χ2n) is 4.68. The normalized spacial score (nSPS) is 10.5. The van der Waals surface area contributed by atoms with Crippen LogP contribution in [0.5, 0.6) is 0 Å². The van der Waals surface area contributed by atoms with Crippen molar-refractivity contribution in [2.24, 2.45) is 0 Å². The van der Waals surface area contributed by atoms with E-state index >= 15 is 0 Å². The topological polar surface area (TPSA) is 60.1 Å². The molecule has 5 nitrogen and oxygen atoms in total. The van der Waals surface area contributed by atoms with Crippen LogP contribution in [-0.2, 0) is 13.1 Å². The highest BCUT2D eigenvalue weighted by Gasteiger charge is 2.07. The summed E-state index contributed by atoms with van der Waals surface area (Å²) in [6.45, 7) is 1.11. The number of nitrogens with zero attached hydrogens (tertiary/aromatic N) is 2. The lowest BCUT2D eigenvalue weighted by Gasteiger charge is -2.02. The van der Waals surface area contributed by atoms with Gasteiger partial charge in [0, 0.05) is 6.20 Å². The molecule has 2 heterocycles. The number of carbonyl (C=O) groups excluding carboxylic acids is 1. The summed E-state index contributed by atoms with van der Waals surface area (Å²) in [4.78, 5) is 11.8. The molecule has 1 amide bonds. The maximum atomic E-state index is 11.8. The molecule has 0 bridgehead atoms. The zero-order valence-electron chi connectivity index (χ0n) is 11.4. The van der Waals surface area contributed by atoms with Gasteiger partial charge in [-0.25, -0.2) is 0 Å². The summed E-state index contributed by atoms with van der Waals surface area (Å²) in [6, 6.07) is 13.6. The van der Waals surface area contributed by atoms with Crippen LogP contribution in [0, 0.1) is 0 Å². The van der Waals surface area contributed by atoms with Crippen molar-refractivity contribution >= 4 is 5.91 Å². The molecular weight excluding hydrogens is 266 g/mol. The predicted octanol–water partition coefficient (Wildman–Crippen LogP) is 2.45. The smallest absolute Gasteiger partial charge is 0.254 e. The molecule has 0 fully saturated rings. The number of nitrogens with one attached hydrogen (secondary N) is 1. The van der Waals surface area contributed by atoms with Gasteiger partial charge in [-0.1, -0.05) is 30.3 Å². The monoisotopic (exact) mass is 281 g/mol. The zero-order chi connectivity index (χ0) is 14.5. The SMILES string of the molecule is O=C(NCc1ccn(Cc2ccccc2)n1)c1ccoc1. The van der Waals surface area contributed by atoms with Gasteiger partial charge in [0.25, 0.3) is 5.91 Å². The van der Waals surface area contributed by atoms with Crippen molar-refractivity contribution in [2.75, 3.05) is 0 Å². The molecule has 2 aromatic heterocycles. The van der Waals surface area contributed by atoms with Crippen molar-refractivity contribution in [3.8, 4) is 0 Å². The van der Waals surface area contributed by atoms with E-state index in [0.717, 1.165) is 12.2 Å². The molecule has 106 valence electrons. The summed E-state index contributed by atoms with van der Waals surface area (Å²) >= 11 is 0. The molecule has 21 heavy (non-hydrogen) atoms. The highest BCUT2D eigenvalue weighted by molar-refractivity contribution is 5.93. The largest absolute Gasteiger partial charge is 0.472 e. The summed E-state index contributed by atoms with van der Waals surface area (Å²) in [6.07, 6.45) is 4.80. The van der Waals surface area contributed by atoms with Gasteiger partial charge in [0.05, 0.1) is 30.6 Å². The maximum Gasteiger partial charge on any atom is 0.254 e. The van der Waals surface area contributed by atoms with E-state index in [2.05, 4.69) is 22.5 Å². The lowest BCUT2D eigenvalue weighted by molar-refractivity contribution is 0.0949. The number of rotatable bonds is 5. The van der Waals surface area contributed by atoms with Crippen LogP contribution >= 0.6 is 0 Å². The van der Waals surface area contributed by atoms with Gasteiger partial charge in [0.15, 0.2) is 0 Å². The molecule has 1 N–H and O–H groups in total. The minimum atomic E-state index is -0.165. The van der Waals surface area contributed by atoms with Crippen molar-refractivity contribution in [1.82, 2.24) is 15.1 Å². The molecule has 0 aliphatic carbocycles.